The van der Waals surface area contributed by atoms with Gasteiger partial charge >= 0.3 is 0 Å². The molecule has 2 N–H and O–H groups in total. The fourth-order valence-corrected chi connectivity index (χ4v) is 2.63. The second kappa shape index (κ2) is 8.70. The molecule has 0 radical (unpaired) electrons. The molecule has 1 amide bonds. The maximum atomic E-state index is 12.0. The number of nitrogens with one attached hydrogen (secondary N) is 2. The van der Waals surface area contributed by atoms with Crippen molar-refractivity contribution >= 4 is 27.5 Å². The number of aryl methyl sites for hydroxylation is 1. The molecule has 2 aromatic rings. The van der Waals surface area contributed by atoms with E-state index < -0.39 is 0 Å². The molecule has 122 valence electrons. The average molecular weight is 377 g/mol. The summed E-state index contributed by atoms with van der Waals surface area (Å²) in [5.41, 5.74) is 3.06. The van der Waals surface area contributed by atoms with E-state index in [1.807, 2.05) is 49.4 Å². The quantitative estimate of drug-likeness (QED) is 0.720. The molecule has 0 aromatic heterocycles. The molecule has 23 heavy (non-hydrogen) atoms. The first-order chi connectivity index (χ1) is 11.1. The van der Waals surface area contributed by atoms with Crippen LogP contribution in [0.15, 0.2) is 46.9 Å². The van der Waals surface area contributed by atoms with Gasteiger partial charge in [-0.3, -0.25) is 4.79 Å². The van der Waals surface area contributed by atoms with E-state index in [1.54, 1.807) is 7.11 Å². The summed E-state index contributed by atoms with van der Waals surface area (Å²) in [6.45, 7) is 3.34. The van der Waals surface area contributed by atoms with Gasteiger partial charge in [0.1, 0.15) is 5.75 Å². The van der Waals surface area contributed by atoms with Gasteiger partial charge in [0.25, 0.3) is 0 Å². The van der Waals surface area contributed by atoms with E-state index in [4.69, 9.17) is 4.74 Å². The number of benzene rings is 2. The summed E-state index contributed by atoms with van der Waals surface area (Å²) >= 11 is 3.41. The van der Waals surface area contributed by atoms with E-state index in [-0.39, 0.29) is 5.91 Å². The number of rotatable bonds is 7. The highest BCUT2D eigenvalue weighted by atomic mass is 79.9. The molecule has 0 aliphatic rings. The number of hydrogen-bond acceptors (Lipinski definition) is 3. The summed E-state index contributed by atoms with van der Waals surface area (Å²) in [6.07, 6.45) is 0.436. The summed E-state index contributed by atoms with van der Waals surface area (Å²) in [7, 11) is 1.65. The van der Waals surface area contributed by atoms with E-state index in [0.29, 0.717) is 13.0 Å². The van der Waals surface area contributed by atoms with Crippen LogP contribution >= 0.6 is 15.9 Å². The van der Waals surface area contributed by atoms with Gasteiger partial charge in [-0.05, 0) is 48.4 Å². The molecule has 2 aromatic carbocycles. The normalized spacial score (nSPS) is 10.4. The van der Waals surface area contributed by atoms with Gasteiger partial charge < -0.3 is 15.4 Å². The van der Waals surface area contributed by atoms with Gasteiger partial charge in [-0.2, -0.15) is 0 Å². The van der Waals surface area contributed by atoms with Crippen molar-refractivity contribution < 1.29 is 9.53 Å². The van der Waals surface area contributed by atoms with Gasteiger partial charge in [-0.1, -0.05) is 28.1 Å². The van der Waals surface area contributed by atoms with Crippen molar-refractivity contribution in [3.05, 3.63) is 58.1 Å². The van der Waals surface area contributed by atoms with Crippen molar-refractivity contribution in [2.45, 2.75) is 19.9 Å². The first kappa shape index (κ1) is 17.5. The Hall–Kier alpha value is -1.85. The van der Waals surface area contributed by atoms with E-state index in [2.05, 4.69) is 26.6 Å². The van der Waals surface area contributed by atoms with Crippen LogP contribution in [0.5, 0.6) is 5.75 Å². The summed E-state index contributed by atoms with van der Waals surface area (Å²) in [4.78, 5) is 12.0. The Labute approximate surface area is 145 Å². The topological polar surface area (TPSA) is 50.4 Å². The zero-order chi connectivity index (χ0) is 16.7. The zero-order valence-corrected chi connectivity index (χ0v) is 14.9. The average Bonchev–Trinajstić information content (AvgIpc) is 2.55. The van der Waals surface area contributed by atoms with Crippen molar-refractivity contribution in [3.8, 4) is 5.75 Å². The van der Waals surface area contributed by atoms with Gasteiger partial charge in [0, 0.05) is 29.7 Å². The molecule has 2 rings (SSSR count). The number of carbonyl (C=O) groups is 1. The van der Waals surface area contributed by atoms with Gasteiger partial charge in [0.15, 0.2) is 0 Å². The summed E-state index contributed by atoms with van der Waals surface area (Å²) in [5.74, 6) is 0.857. The molecule has 0 fully saturated rings. The lowest BCUT2D eigenvalue weighted by molar-refractivity contribution is -0.116. The third-order valence-electron chi connectivity index (χ3n) is 3.48. The maximum absolute atomic E-state index is 12.0. The molecule has 5 heteroatoms. The largest absolute Gasteiger partial charge is 0.497 e. The van der Waals surface area contributed by atoms with E-state index in [0.717, 1.165) is 33.6 Å². The molecule has 0 bridgehead atoms. The van der Waals surface area contributed by atoms with Crippen LogP contribution in [0.2, 0.25) is 0 Å². The Kier molecular flexibility index (Phi) is 6.62. The molecule has 0 spiro atoms. The van der Waals surface area contributed by atoms with Crippen LogP contribution in [-0.2, 0) is 11.3 Å². The maximum Gasteiger partial charge on any atom is 0.225 e. The first-order valence-electron chi connectivity index (χ1n) is 7.48. The van der Waals surface area contributed by atoms with E-state index >= 15 is 0 Å². The predicted molar refractivity (Wildman–Crippen MR) is 96.8 cm³/mol. The molecule has 0 atom stereocenters. The highest BCUT2D eigenvalue weighted by molar-refractivity contribution is 9.10. The third kappa shape index (κ3) is 5.69. The summed E-state index contributed by atoms with van der Waals surface area (Å²) < 4.78 is 6.13. The summed E-state index contributed by atoms with van der Waals surface area (Å²) in [6, 6.07) is 13.7. The molecule has 0 heterocycles. The van der Waals surface area contributed by atoms with Gasteiger partial charge in [0.05, 0.1) is 7.11 Å². The number of halogens is 1. The Morgan fingerprint density at radius 2 is 1.91 bits per heavy atom. The fourth-order valence-electron chi connectivity index (χ4n) is 2.16. The van der Waals surface area contributed by atoms with Crippen LogP contribution in [0, 0.1) is 6.92 Å². The van der Waals surface area contributed by atoms with Crippen molar-refractivity contribution in [3.63, 3.8) is 0 Å². The lowest BCUT2D eigenvalue weighted by Gasteiger charge is -2.09. The lowest BCUT2D eigenvalue weighted by atomic mass is 10.2. The molecular formula is C18H21BrN2O2. The summed E-state index contributed by atoms with van der Waals surface area (Å²) in [5, 5.41) is 6.21. The minimum absolute atomic E-state index is 0.0117. The number of amides is 1. The molecule has 0 saturated carbocycles. The number of methoxy groups -OCH3 is 1. The highest BCUT2D eigenvalue weighted by Crippen LogP contribution is 2.20. The van der Waals surface area contributed by atoms with Crippen molar-refractivity contribution in [1.29, 1.82) is 0 Å². The van der Waals surface area contributed by atoms with Gasteiger partial charge in [-0.15, -0.1) is 0 Å². The molecule has 0 aliphatic heterocycles. The zero-order valence-electron chi connectivity index (χ0n) is 13.4. The smallest absolute Gasteiger partial charge is 0.225 e. The van der Waals surface area contributed by atoms with Crippen molar-refractivity contribution in [2.75, 3.05) is 19.0 Å². The Bertz CT molecular complexity index is 657. The monoisotopic (exact) mass is 376 g/mol. The Balaban J connectivity index is 1.72. The Morgan fingerprint density at radius 1 is 1.17 bits per heavy atom. The second-order valence-electron chi connectivity index (χ2n) is 5.28. The van der Waals surface area contributed by atoms with E-state index in [9.17, 15) is 4.79 Å². The van der Waals surface area contributed by atoms with E-state index in [1.165, 1.54) is 0 Å². The van der Waals surface area contributed by atoms with Crippen LogP contribution in [-0.4, -0.2) is 19.6 Å². The second-order valence-corrected chi connectivity index (χ2v) is 6.20. The minimum Gasteiger partial charge on any atom is -0.497 e. The fraction of sp³-hybridized carbons (Fsp3) is 0.278. The number of anilines is 1. The van der Waals surface area contributed by atoms with Gasteiger partial charge in [0.2, 0.25) is 5.91 Å². The van der Waals surface area contributed by atoms with Crippen molar-refractivity contribution in [1.82, 2.24) is 5.32 Å². The molecule has 0 saturated heterocycles. The Morgan fingerprint density at radius 3 is 2.57 bits per heavy atom. The van der Waals surface area contributed by atoms with Crippen LogP contribution in [0.1, 0.15) is 17.5 Å². The first-order valence-corrected chi connectivity index (χ1v) is 8.27. The molecule has 0 unspecified atom stereocenters. The van der Waals surface area contributed by atoms with Crippen LogP contribution in [0.4, 0.5) is 5.69 Å². The minimum atomic E-state index is 0.0117. The number of hydrogen-bond donors (Lipinski definition) is 2. The highest BCUT2D eigenvalue weighted by Gasteiger charge is 2.05. The molecule has 4 nitrogen and oxygen atoms in total. The predicted octanol–water partition coefficient (Wildman–Crippen LogP) is 3.88. The van der Waals surface area contributed by atoms with Crippen LogP contribution < -0.4 is 15.4 Å². The number of ether oxygens (including phenoxy) is 1. The number of carbonyl (C=O) groups excluding carboxylic acids is 1. The lowest BCUT2D eigenvalue weighted by Crippen LogP contribution is -2.21. The molecular weight excluding hydrogens is 356 g/mol. The molecule has 0 aliphatic carbocycles. The van der Waals surface area contributed by atoms with Crippen LogP contribution in [0.3, 0.4) is 0 Å². The van der Waals surface area contributed by atoms with Crippen LogP contribution in [0.25, 0.3) is 0 Å². The van der Waals surface area contributed by atoms with Crippen molar-refractivity contribution in [2.24, 2.45) is 0 Å². The van der Waals surface area contributed by atoms with Gasteiger partial charge in [-0.25, -0.2) is 0 Å². The SMILES string of the molecule is COc1ccc(CNCCC(=O)Nc2ccc(Br)cc2C)cc1. The standard InChI is InChI=1S/C18H21BrN2O2/c1-13-11-15(19)5-8-17(13)21-18(22)9-10-20-12-14-3-6-16(23-2)7-4-14/h3-8,11,20H,9-10,12H2,1-2H3,(H,21,22). The third-order valence-corrected chi connectivity index (χ3v) is 3.97.